The van der Waals surface area contributed by atoms with E-state index in [-0.39, 0.29) is 0 Å². The molecule has 0 spiro atoms. The van der Waals surface area contributed by atoms with E-state index in [1.54, 1.807) is 17.7 Å². The Balaban J connectivity index is 2.00. The summed E-state index contributed by atoms with van der Waals surface area (Å²) in [6, 6.07) is 2.07. The van der Waals surface area contributed by atoms with E-state index in [4.69, 9.17) is 0 Å². The van der Waals surface area contributed by atoms with Crippen molar-refractivity contribution in [1.29, 1.82) is 0 Å². The number of hydrogen-bond acceptors (Lipinski definition) is 5. The van der Waals surface area contributed by atoms with Crippen molar-refractivity contribution in [3.63, 3.8) is 0 Å². The highest BCUT2D eigenvalue weighted by atomic mass is 32.2. The first-order chi connectivity index (χ1) is 7.95. The van der Waals surface area contributed by atoms with E-state index in [2.05, 4.69) is 26.3 Å². The van der Waals surface area contributed by atoms with Crippen molar-refractivity contribution in [2.45, 2.75) is 6.42 Å². The lowest BCUT2D eigenvalue weighted by Gasteiger charge is -2.21. The third-order valence-electron chi connectivity index (χ3n) is 2.75. The van der Waals surface area contributed by atoms with E-state index in [1.807, 2.05) is 11.8 Å². The maximum Gasteiger partial charge on any atom is 0.150 e. The van der Waals surface area contributed by atoms with Gasteiger partial charge < -0.3 is 4.90 Å². The molecule has 0 radical (unpaired) electrons. The van der Waals surface area contributed by atoms with E-state index >= 15 is 0 Å². The van der Waals surface area contributed by atoms with E-state index in [9.17, 15) is 0 Å². The van der Waals surface area contributed by atoms with Crippen LogP contribution in [0.4, 0.5) is 5.82 Å². The van der Waals surface area contributed by atoms with Crippen LogP contribution in [-0.2, 0) is 0 Å². The third kappa shape index (κ3) is 1.89. The average molecular weight is 251 g/mol. The SMILES string of the molecule is c1nc(N2CCCSCC2)c2sccc2n1. The molecule has 5 heteroatoms. The predicted octanol–water partition coefficient (Wildman–Crippen LogP) is 2.63. The molecule has 1 aliphatic rings. The molecule has 1 fully saturated rings. The lowest BCUT2D eigenvalue weighted by atomic mass is 10.3. The predicted molar refractivity (Wildman–Crippen MR) is 71.6 cm³/mol. The monoisotopic (exact) mass is 251 g/mol. The molecule has 2 aromatic rings. The molecule has 3 rings (SSSR count). The molecule has 16 heavy (non-hydrogen) atoms. The summed E-state index contributed by atoms with van der Waals surface area (Å²) in [5, 5.41) is 2.09. The van der Waals surface area contributed by atoms with Gasteiger partial charge in [-0.1, -0.05) is 0 Å². The molecular formula is C11H13N3S2. The summed E-state index contributed by atoms with van der Waals surface area (Å²) in [6.45, 7) is 2.23. The summed E-state index contributed by atoms with van der Waals surface area (Å²) >= 11 is 3.78. The molecule has 0 aromatic carbocycles. The van der Waals surface area contributed by atoms with Crippen LogP contribution in [0.1, 0.15) is 6.42 Å². The van der Waals surface area contributed by atoms with Crippen molar-refractivity contribution in [3.8, 4) is 0 Å². The summed E-state index contributed by atoms with van der Waals surface area (Å²) in [5.41, 5.74) is 1.08. The second kappa shape index (κ2) is 4.59. The zero-order valence-electron chi connectivity index (χ0n) is 8.93. The maximum atomic E-state index is 4.46. The molecule has 84 valence electrons. The van der Waals surface area contributed by atoms with Crippen molar-refractivity contribution in [2.24, 2.45) is 0 Å². The Hall–Kier alpha value is -0.810. The fourth-order valence-electron chi connectivity index (χ4n) is 1.96. The van der Waals surface area contributed by atoms with Crippen molar-refractivity contribution in [3.05, 3.63) is 17.8 Å². The highest BCUT2D eigenvalue weighted by molar-refractivity contribution is 7.99. The Bertz CT molecular complexity index is 475. The number of rotatable bonds is 1. The Morgan fingerprint density at radius 1 is 1.19 bits per heavy atom. The first-order valence-corrected chi connectivity index (χ1v) is 7.49. The number of fused-ring (bicyclic) bond motifs is 1. The minimum Gasteiger partial charge on any atom is -0.354 e. The van der Waals surface area contributed by atoms with Gasteiger partial charge in [0.2, 0.25) is 0 Å². The van der Waals surface area contributed by atoms with Gasteiger partial charge in [0.25, 0.3) is 0 Å². The van der Waals surface area contributed by atoms with Crippen LogP contribution in [-0.4, -0.2) is 34.6 Å². The van der Waals surface area contributed by atoms with E-state index in [0.717, 1.165) is 24.4 Å². The normalized spacial score (nSPS) is 17.6. The van der Waals surface area contributed by atoms with Gasteiger partial charge in [-0.05, 0) is 23.6 Å². The number of thioether (sulfide) groups is 1. The molecule has 3 heterocycles. The van der Waals surface area contributed by atoms with Crippen LogP contribution in [0.2, 0.25) is 0 Å². The fourth-order valence-corrected chi connectivity index (χ4v) is 3.71. The van der Waals surface area contributed by atoms with Gasteiger partial charge in [-0.2, -0.15) is 11.8 Å². The Labute approximate surface area is 103 Å². The van der Waals surface area contributed by atoms with Crippen LogP contribution in [0.3, 0.4) is 0 Å². The zero-order chi connectivity index (χ0) is 10.8. The lowest BCUT2D eigenvalue weighted by Crippen LogP contribution is -2.26. The fraction of sp³-hybridized carbons (Fsp3) is 0.455. The maximum absolute atomic E-state index is 4.46. The average Bonchev–Trinajstić information content (AvgIpc) is 2.63. The molecule has 0 atom stereocenters. The van der Waals surface area contributed by atoms with Crippen LogP contribution in [0.15, 0.2) is 17.8 Å². The summed E-state index contributed by atoms with van der Waals surface area (Å²) in [6.07, 6.45) is 2.93. The molecule has 3 nitrogen and oxygen atoms in total. The minimum atomic E-state index is 1.08. The third-order valence-corrected chi connectivity index (χ3v) is 4.69. The van der Waals surface area contributed by atoms with E-state index in [1.165, 1.54) is 22.6 Å². The number of nitrogens with zero attached hydrogens (tertiary/aromatic N) is 3. The molecule has 0 N–H and O–H groups in total. The minimum absolute atomic E-state index is 1.08. The van der Waals surface area contributed by atoms with Crippen LogP contribution in [0, 0.1) is 0 Å². The number of anilines is 1. The lowest BCUT2D eigenvalue weighted by molar-refractivity contribution is 0.804. The molecule has 0 saturated carbocycles. The quantitative estimate of drug-likeness (QED) is 0.779. The van der Waals surface area contributed by atoms with Gasteiger partial charge in [-0.25, -0.2) is 9.97 Å². The Morgan fingerprint density at radius 2 is 2.19 bits per heavy atom. The molecular weight excluding hydrogens is 238 g/mol. The molecule has 0 unspecified atom stereocenters. The molecule has 1 saturated heterocycles. The molecule has 0 bridgehead atoms. The van der Waals surface area contributed by atoms with E-state index in [0.29, 0.717) is 0 Å². The van der Waals surface area contributed by atoms with Crippen molar-refractivity contribution in [2.75, 3.05) is 29.5 Å². The Kier molecular flexibility index (Phi) is 2.97. The highest BCUT2D eigenvalue weighted by Crippen LogP contribution is 2.28. The van der Waals surface area contributed by atoms with Gasteiger partial charge in [0.15, 0.2) is 0 Å². The first kappa shape index (κ1) is 10.4. The second-order valence-electron chi connectivity index (χ2n) is 3.79. The molecule has 1 aliphatic heterocycles. The van der Waals surface area contributed by atoms with Crippen LogP contribution in [0.5, 0.6) is 0 Å². The van der Waals surface area contributed by atoms with Gasteiger partial charge in [0.05, 0.1) is 10.2 Å². The first-order valence-electron chi connectivity index (χ1n) is 5.46. The van der Waals surface area contributed by atoms with Gasteiger partial charge in [-0.3, -0.25) is 0 Å². The summed E-state index contributed by atoms with van der Waals surface area (Å²) < 4.78 is 1.23. The van der Waals surface area contributed by atoms with Gasteiger partial charge in [0.1, 0.15) is 12.1 Å². The van der Waals surface area contributed by atoms with Crippen molar-refractivity contribution in [1.82, 2.24) is 9.97 Å². The van der Waals surface area contributed by atoms with Crippen LogP contribution in [0.25, 0.3) is 10.2 Å². The van der Waals surface area contributed by atoms with E-state index < -0.39 is 0 Å². The standard InChI is InChI=1S/C11H13N3S2/c1-3-14(4-7-15-5-1)11-10-9(2-6-16-10)12-8-13-11/h2,6,8H,1,3-5,7H2. The van der Waals surface area contributed by atoms with Gasteiger partial charge in [0, 0.05) is 18.8 Å². The van der Waals surface area contributed by atoms with Crippen molar-refractivity contribution >= 4 is 39.1 Å². The number of hydrogen-bond donors (Lipinski definition) is 0. The Morgan fingerprint density at radius 3 is 3.19 bits per heavy atom. The second-order valence-corrected chi connectivity index (χ2v) is 5.93. The van der Waals surface area contributed by atoms with Gasteiger partial charge >= 0.3 is 0 Å². The number of aromatic nitrogens is 2. The van der Waals surface area contributed by atoms with Gasteiger partial charge in [-0.15, -0.1) is 11.3 Å². The largest absolute Gasteiger partial charge is 0.354 e. The molecule has 0 aliphatic carbocycles. The van der Waals surface area contributed by atoms with Crippen molar-refractivity contribution < 1.29 is 0 Å². The smallest absolute Gasteiger partial charge is 0.150 e. The topological polar surface area (TPSA) is 29.0 Å². The van der Waals surface area contributed by atoms with Crippen LogP contribution < -0.4 is 4.90 Å². The molecule has 0 amide bonds. The highest BCUT2D eigenvalue weighted by Gasteiger charge is 2.14. The molecule has 2 aromatic heterocycles. The summed E-state index contributed by atoms with van der Waals surface area (Å²) in [4.78, 5) is 11.2. The van der Waals surface area contributed by atoms with Crippen LogP contribution >= 0.6 is 23.1 Å². The zero-order valence-corrected chi connectivity index (χ0v) is 10.6. The summed E-state index contributed by atoms with van der Waals surface area (Å²) in [7, 11) is 0. The summed E-state index contributed by atoms with van der Waals surface area (Å²) in [5.74, 6) is 3.61. The number of thiophene rings is 1.